The highest BCUT2D eigenvalue weighted by Crippen LogP contribution is 2.26. The summed E-state index contributed by atoms with van der Waals surface area (Å²) in [6.07, 6.45) is 2.18. The third-order valence-corrected chi connectivity index (χ3v) is 3.77. The number of carbonyl (C=O) groups excluding carboxylic acids is 1. The molecule has 23 heavy (non-hydrogen) atoms. The van der Waals surface area contributed by atoms with Crippen molar-refractivity contribution in [3.05, 3.63) is 30.2 Å². The Kier molecular flexibility index (Phi) is 4.57. The van der Waals surface area contributed by atoms with E-state index >= 15 is 0 Å². The smallest absolute Gasteiger partial charge is 0.321 e. The van der Waals surface area contributed by atoms with Gasteiger partial charge in [-0.1, -0.05) is 12.1 Å². The van der Waals surface area contributed by atoms with E-state index in [-0.39, 0.29) is 12.1 Å². The van der Waals surface area contributed by atoms with Gasteiger partial charge in [0.2, 0.25) is 11.8 Å². The normalized spacial score (nSPS) is 17.2. The summed E-state index contributed by atoms with van der Waals surface area (Å²) >= 11 is 0. The molecule has 0 bridgehead atoms. The number of nitrogens with one attached hydrogen (secondary N) is 1. The zero-order chi connectivity index (χ0) is 16.2. The third-order valence-electron chi connectivity index (χ3n) is 3.77. The minimum atomic E-state index is -0.191. The highest BCUT2D eigenvalue weighted by molar-refractivity contribution is 5.93. The van der Waals surface area contributed by atoms with Crippen molar-refractivity contribution in [2.75, 3.05) is 25.5 Å². The third kappa shape index (κ3) is 3.68. The summed E-state index contributed by atoms with van der Waals surface area (Å²) in [5.74, 6) is 0.872. The molecule has 1 aliphatic rings. The Morgan fingerprint density at radius 3 is 2.91 bits per heavy atom. The number of hydrogen-bond acceptors (Lipinski definition) is 5. The van der Waals surface area contributed by atoms with E-state index in [4.69, 9.17) is 9.15 Å². The van der Waals surface area contributed by atoms with Gasteiger partial charge in [-0.15, -0.1) is 10.2 Å². The van der Waals surface area contributed by atoms with Gasteiger partial charge in [-0.3, -0.25) is 0 Å². The Hall–Kier alpha value is -2.41. The molecule has 7 heteroatoms. The molecule has 0 aliphatic carbocycles. The Morgan fingerprint density at radius 1 is 1.39 bits per heavy atom. The lowest BCUT2D eigenvalue weighted by Crippen LogP contribution is -2.37. The molecule has 1 atom stereocenters. The van der Waals surface area contributed by atoms with E-state index in [1.54, 1.807) is 18.9 Å². The average molecular weight is 316 g/mol. The van der Waals surface area contributed by atoms with Crippen LogP contribution in [-0.2, 0) is 4.74 Å². The minimum Gasteiger partial charge on any atom is -0.421 e. The summed E-state index contributed by atoms with van der Waals surface area (Å²) < 4.78 is 11.0. The minimum absolute atomic E-state index is 0.125. The van der Waals surface area contributed by atoms with Gasteiger partial charge in [0.1, 0.15) is 0 Å². The van der Waals surface area contributed by atoms with Gasteiger partial charge >= 0.3 is 6.03 Å². The molecule has 1 saturated heterocycles. The van der Waals surface area contributed by atoms with Crippen LogP contribution in [0, 0.1) is 6.92 Å². The van der Waals surface area contributed by atoms with Gasteiger partial charge in [-0.2, -0.15) is 0 Å². The maximum absolute atomic E-state index is 12.4. The number of urea groups is 1. The van der Waals surface area contributed by atoms with Crippen LogP contribution in [0.25, 0.3) is 11.5 Å². The van der Waals surface area contributed by atoms with Crippen molar-refractivity contribution >= 4 is 11.7 Å². The molecule has 1 N–H and O–H groups in total. The summed E-state index contributed by atoms with van der Waals surface area (Å²) in [5, 5.41) is 10.7. The fraction of sp³-hybridized carbons (Fsp3) is 0.438. The number of hydrogen-bond donors (Lipinski definition) is 1. The Bertz CT molecular complexity index is 679. The SMILES string of the molecule is Cc1nnc(-c2ccccc2NC(=O)N(C)C[C@@H]2CCCO2)o1. The number of rotatable bonds is 4. The second-order valence-corrected chi connectivity index (χ2v) is 5.62. The summed E-state index contributed by atoms with van der Waals surface area (Å²) in [6.45, 7) is 3.08. The van der Waals surface area contributed by atoms with Crippen molar-refractivity contribution in [1.82, 2.24) is 15.1 Å². The Balaban J connectivity index is 1.71. The molecular formula is C16H20N4O3. The van der Waals surface area contributed by atoms with Crippen molar-refractivity contribution < 1.29 is 13.9 Å². The van der Waals surface area contributed by atoms with Gasteiger partial charge in [0.15, 0.2) is 0 Å². The zero-order valence-electron chi connectivity index (χ0n) is 13.3. The summed E-state index contributed by atoms with van der Waals surface area (Å²) in [5.41, 5.74) is 1.34. The van der Waals surface area contributed by atoms with Crippen molar-refractivity contribution in [3.8, 4) is 11.5 Å². The number of carbonyl (C=O) groups is 1. The molecule has 122 valence electrons. The van der Waals surface area contributed by atoms with Crippen LogP contribution >= 0.6 is 0 Å². The monoisotopic (exact) mass is 316 g/mol. The van der Waals surface area contributed by atoms with Crippen molar-refractivity contribution in [3.63, 3.8) is 0 Å². The van der Waals surface area contributed by atoms with Crippen LogP contribution in [0.1, 0.15) is 18.7 Å². The van der Waals surface area contributed by atoms with Gasteiger partial charge in [0, 0.05) is 27.1 Å². The molecule has 2 aromatic rings. The highest BCUT2D eigenvalue weighted by Gasteiger charge is 2.21. The van der Waals surface area contributed by atoms with Crippen molar-refractivity contribution in [2.24, 2.45) is 0 Å². The maximum Gasteiger partial charge on any atom is 0.321 e. The first-order chi connectivity index (χ1) is 11.1. The molecule has 0 unspecified atom stereocenters. The molecule has 0 radical (unpaired) electrons. The number of aromatic nitrogens is 2. The number of nitrogens with zero attached hydrogens (tertiary/aromatic N) is 3. The average Bonchev–Trinajstić information content (AvgIpc) is 3.19. The second kappa shape index (κ2) is 6.78. The summed E-state index contributed by atoms with van der Waals surface area (Å²) in [4.78, 5) is 14.0. The van der Waals surface area contributed by atoms with Crippen LogP contribution in [-0.4, -0.2) is 47.4 Å². The van der Waals surface area contributed by atoms with Crippen molar-refractivity contribution in [2.45, 2.75) is 25.9 Å². The number of para-hydroxylation sites is 1. The standard InChI is InChI=1S/C16H20N4O3/c1-11-18-19-15(23-11)13-7-3-4-8-14(13)17-16(21)20(2)10-12-6-5-9-22-12/h3-4,7-8,12H,5-6,9-10H2,1-2H3,(H,17,21)/t12-/m0/s1. The van der Waals surface area contributed by atoms with E-state index in [9.17, 15) is 4.79 Å². The summed E-state index contributed by atoms with van der Waals surface area (Å²) in [7, 11) is 1.76. The topological polar surface area (TPSA) is 80.5 Å². The molecule has 1 aliphatic heterocycles. The van der Waals surface area contributed by atoms with Crippen LogP contribution < -0.4 is 5.32 Å². The predicted molar refractivity (Wildman–Crippen MR) is 85.1 cm³/mol. The molecule has 1 aromatic carbocycles. The molecule has 7 nitrogen and oxygen atoms in total. The van der Waals surface area contributed by atoms with Crippen LogP contribution in [0.4, 0.5) is 10.5 Å². The number of benzene rings is 1. The van der Waals surface area contributed by atoms with Gasteiger partial charge < -0.3 is 19.4 Å². The van der Waals surface area contributed by atoms with E-state index in [1.807, 2.05) is 24.3 Å². The van der Waals surface area contributed by atoms with Gasteiger partial charge in [0.05, 0.1) is 17.4 Å². The maximum atomic E-state index is 12.4. The van der Waals surface area contributed by atoms with Crippen LogP contribution in [0.2, 0.25) is 0 Å². The largest absolute Gasteiger partial charge is 0.421 e. The number of ether oxygens (including phenoxy) is 1. The molecule has 3 rings (SSSR count). The molecule has 1 fully saturated rings. The number of amides is 2. The van der Waals surface area contributed by atoms with E-state index in [2.05, 4.69) is 15.5 Å². The first-order valence-electron chi connectivity index (χ1n) is 7.66. The first kappa shape index (κ1) is 15.5. The fourth-order valence-corrected chi connectivity index (χ4v) is 2.57. The first-order valence-corrected chi connectivity index (χ1v) is 7.66. The number of likely N-dealkylation sites (N-methyl/N-ethyl adjacent to an activating group) is 1. The predicted octanol–water partition coefficient (Wildman–Crippen LogP) is 2.69. The molecule has 1 aromatic heterocycles. The molecule has 2 amide bonds. The van der Waals surface area contributed by atoms with E-state index in [0.717, 1.165) is 19.4 Å². The van der Waals surface area contributed by atoms with Gasteiger partial charge in [-0.05, 0) is 25.0 Å². The van der Waals surface area contributed by atoms with Crippen LogP contribution in [0.3, 0.4) is 0 Å². The number of aryl methyl sites for hydroxylation is 1. The quantitative estimate of drug-likeness (QED) is 0.938. The van der Waals surface area contributed by atoms with E-state index in [0.29, 0.717) is 29.6 Å². The fourth-order valence-electron chi connectivity index (χ4n) is 2.57. The molecule has 2 heterocycles. The Morgan fingerprint density at radius 2 is 2.22 bits per heavy atom. The summed E-state index contributed by atoms with van der Waals surface area (Å²) in [6, 6.07) is 7.17. The van der Waals surface area contributed by atoms with Crippen LogP contribution in [0.15, 0.2) is 28.7 Å². The van der Waals surface area contributed by atoms with Crippen molar-refractivity contribution in [1.29, 1.82) is 0 Å². The van der Waals surface area contributed by atoms with Gasteiger partial charge in [-0.25, -0.2) is 4.79 Å². The zero-order valence-corrected chi connectivity index (χ0v) is 13.3. The molecule has 0 spiro atoms. The number of anilines is 1. The Labute approximate surface area is 134 Å². The lowest BCUT2D eigenvalue weighted by molar-refractivity contribution is 0.0894. The molecular weight excluding hydrogens is 296 g/mol. The van der Waals surface area contributed by atoms with Crippen LogP contribution in [0.5, 0.6) is 0 Å². The second-order valence-electron chi connectivity index (χ2n) is 5.62. The lowest BCUT2D eigenvalue weighted by atomic mass is 10.2. The lowest BCUT2D eigenvalue weighted by Gasteiger charge is -2.21. The molecule has 0 saturated carbocycles. The van der Waals surface area contributed by atoms with Gasteiger partial charge in [0.25, 0.3) is 0 Å². The van der Waals surface area contributed by atoms with E-state index in [1.165, 1.54) is 0 Å². The highest BCUT2D eigenvalue weighted by atomic mass is 16.5. The van der Waals surface area contributed by atoms with E-state index < -0.39 is 0 Å².